The van der Waals surface area contributed by atoms with Gasteiger partial charge in [-0.2, -0.15) is 0 Å². The predicted octanol–water partition coefficient (Wildman–Crippen LogP) is 5.31. The van der Waals surface area contributed by atoms with Crippen LogP contribution in [0.4, 0.5) is 0 Å². The molecule has 172 valence electrons. The number of unbranched alkanes of at least 4 members (excludes halogenated alkanes) is 2. The van der Waals surface area contributed by atoms with Crippen molar-refractivity contribution in [3.8, 4) is 23.0 Å². The van der Waals surface area contributed by atoms with E-state index in [1.54, 1.807) is 28.4 Å². The minimum atomic E-state index is -0.380. The second kappa shape index (κ2) is 11.3. The molecule has 2 aromatic carbocycles. The number of hydrogen-bond acceptors (Lipinski definition) is 6. The highest BCUT2D eigenvalue weighted by molar-refractivity contribution is 6.03. The van der Waals surface area contributed by atoms with E-state index in [0.717, 1.165) is 35.6 Å². The Morgan fingerprint density at radius 2 is 1.52 bits per heavy atom. The first-order valence-corrected chi connectivity index (χ1v) is 10.6. The maximum atomic E-state index is 9.03. The molecule has 6 nitrogen and oxygen atoms in total. The third-order valence-electron chi connectivity index (χ3n) is 5.59. The zero-order chi connectivity index (χ0) is 23.0. The van der Waals surface area contributed by atoms with Crippen molar-refractivity contribution < 1.29 is 28.8 Å². The molecule has 0 amide bonds. The molecule has 0 saturated heterocycles. The number of rotatable bonds is 13. The molecule has 0 aliphatic carbocycles. The second-order valence-electron chi connectivity index (χ2n) is 7.98. The molecule has 1 N–H and O–H groups in total. The van der Waals surface area contributed by atoms with Crippen molar-refractivity contribution in [1.82, 2.24) is 0 Å². The highest BCUT2D eigenvalue weighted by atomic mass is 16.5. The van der Waals surface area contributed by atoms with Crippen molar-refractivity contribution in [3.05, 3.63) is 36.4 Å². The molecule has 0 bridgehead atoms. The lowest BCUT2D eigenvalue weighted by atomic mass is 9.81. The topological polar surface area (TPSA) is 66.4 Å². The summed E-state index contributed by atoms with van der Waals surface area (Å²) in [5.74, 6) is 2.63. The maximum absolute atomic E-state index is 9.03. The summed E-state index contributed by atoms with van der Waals surface area (Å²) < 4.78 is 29.3. The first-order chi connectivity index (χ1) is 14.9. The monoisotopic (exact) mass is 432 g/mol. The predicted molar refractivity (Wildman–Crippen MR) is 124 cm³/mol. The smallest absolute Gasteiger partial charge is 0.136 e. The molecular formula is C25H36O6. The molecule has 0 heterocycles. The highest BCUT2D eigenvalue weighted by Crippen LogP contribution is 2.51. The Kier molecular flexibility index (Phi) is 9.01. The zero-order valence-corrected chi connectivity index (χ0v) is 19.6. The summed E-state index contributed by atoms with van der Waals surface area (Å²) in [6.45, 7) is 8.94. The van der Waals surface area contributed by atoms with E-state index in [9.17, 15) is 0 Å². The SMILES string of the molecule is C=CC(C)(C)C(OCCCCCO)c1cc(OC)c2c(OC)ccc(OC)c2c1OC. The Labute approximate surface area is 185 Å². The van der Waals surface area contributed by atoms with E-state index in [2.05, 4.69) is 20.4 Å². The van der Waals surface area contributed by atoms with Crippen molar-refractivity contribution in [3.63, 3.8) is 0 Å². The first-order valence-electron chi connectivity index (χ1n) is 10.6. The maximum Gasteiger partial charge on any atom is 0.136 e. The number of fused-ring (bicyclic) bond motifs is 1. The Hall–Kier alpha value is -2.44. The van der Waals surface area contributed by atoms with Crippen LogP contribution in [0.2, 0.25) is 0 Å². The fraction of sp³-hybridized carbons (Fsp3) is 0.520. The fourth-order valence-corrected chi connectivity index (χ4v) is 3.78. The third kappa shape index (κ3) is 5.25. The van der Waals surface area contributed by atoms with Crippen LogP contribution in [0, 0.1) is 5.41 Å². The van der Waals surface area contributed by atoms with E-state index in [-0.39, 0.29) is 18.1 Å². The van der Waals surface area contributed by atoms with E-state index in [1.807, 2.05) is 24.3 Å². The van der Waals surface area contributed by atoms with Crippen molar-refractivity contribution >= 4 is 10.8 Å². The summed E-state index contributed by atoms with van der Waals surface area (Å²) in [6, 6.07) is 5.66. The van der Waals surface area contributed by atoms with Gasteiger partial charge < -0.3 is 28.8 Å². The molecule has 1 atom stereocenters. The Balaban J connectivity index is 2.73. The largest absolute Gasteiger partial charge is 0.496 e. The number of methoxy groups -OCH3 is 4. The van der Waals surface area contributed by atoms with Gasteiger partial charge >= 0.3 is 0 Å². The van der Waals surface area contributed by atoms with Crippen LogP contribution in [0.15, 0.2) is 30.9 Å². The van der Waals surface area contributed by atoms with Gasteiger partial charge in [-0.3, -0.25) is 0 Å². The van der Waals surface area contributed by atoms with E-state index in [1.165, 1.54) is 0 Å². The third-order valence-corrected chi connectivity index (χ3v) is 5.59. The Morgan fingerprint density at radius 1 is 0.903 bits per heavy atom. The van der Waals surface area contributed by atoms with Crippen LogP contribution in [-0.2, 0) is 4.74 Å². The molecule has 0 aromatic heterocycles. The minimum absolute atomic E-state index is 0.193. The Bertz CT molecular complexity index is 874. The van der Waals surface area contributed by atoms with Crippen LogP contribution >= 0.6 is 0 Å². The van der Waals surface area contributed by atoms with Crippen LogP contribution in [0.5, 0.6) is 23.0 Å². The summed E-state index contributed by atoms with van der Waals surface area (Å²) >= 11 is 0. The summed E-state index contributed by atoms with van der Waals surface area (Å²) in [7, 11) is 6.53. The van der Waals surface area contributed by atoms with Crippen LogP contribution in [-0.4, -0.2) is 46.8 Å². The molecular weight excluding hydrogens is 396 g/mol. The number of ether oxygens (including phenoxy) is 5. The quantitative estimate of drug-likeness (QED) is 0.342. The number of aliphatic hydroxyl groups is 1. The molecule has 0 fully saturated rings. The molecule has 6 heteroatoms. The van der Waals surface area contributed by atoms with Gasteiger partial charge in [0.15, 0.2) is 0 Å². The molecule has 2 aromatic rings. The molecule has 0 saturated carbocycles. The summed E-state index contributed by atoms with van der Waals surface area (Å²) in [4.78, 5) is 0. The van der Waals surface area contributed by atoms with Crippen molar-refractivity contribution in [1.29, 1.82) is 0 Å². The van der Waals surface area contributed by atoms with E-state index in [4.69, 9.17) is 28.8 Å². The van der Waals surface area contributed by atoms with Gasteiger partial charge in [0, 0.05) is 24.2 Å². The summed E-state index contributed by atoms with van der Waals surface area (Å²) in [5, 5.41) is 10.6. The number of hydrogen-bond donors (Lipinski definition) is 1. The van der Waals surface area contributed by atoms with E-state index < -0.39 is 0 Å². The Morgan fingerprint density at radius 3 is 2.03 bits per heavy atom. The van der Waals surface area contributed by atoms with Gasteiger partial charge in [0.05, 0.1) is 45.3 Å². The molecule has 1 unspecified atom stereocenters. The second-order valence-corrected chi connectivity index (χ2v) is 7.98. The summed E-state index contributed by atoms with van der Waals surface area (Å²) in [5.41, 5.74) is 0.472. The van der Waals surface area contributed by atoms with Crippen LogP contribution < -0.4 is 18.9 Å². The van der Waals surface area contributed by atoms with E-state index in [0.29, 0.717) is 29.6 Å². The average molecular weight is 433 g/mol. The van der Waals surface area contributed by atoms with Gasteiger partial charge in [-0.05, 0) is 37.5 Å². The standard InChI is InChI=1S/C25H36O6/c1-8-25(2,3)24(31-15-11-9-10-14-26)17-16-20(29-6)21-18(27-4)12-13-19(28-5)22(21)23(17)30-7/h8,12-13,16,24,26H,1,9-11,14-15H2,2-7H3. The van der Waals surface area contributed by atoms with Gasteiger partial charge in [0.2, 0.25) is 0 Å². The van der Waals surface area contributed by atoms with Gasteiger partial charge in [-0.1, -0.05) is 19.9 Å². The molecule has 0 aliphatic heterocycles. The lowest BCUT2D eigenvalue weighted by Gasteiger charge is -2.33. The van der Waals surface area contributed by atoms with Gasteiger partial charge in [-0.25, -0.2) is 0 Å². The molecule has 31 heavy (non-hydrogen) atoms. The summed E-state index contributed by atoms with van der Waals surface area (Å²) in [6.07, 6.45) is 4.09. The zero-order valence-electron chi connectivity index (χ0n) is 19.6. The fourth-order valence-electron chi connectivity index (χ4n) is 3.78. The number of aliphatic hydroxyl groups excluding tert-OH is 1. The molecule has 0 radical (unpaired) electrons. The van der Waals surface area contributed by atoms with Gasteiger partial charge in [-0.15, -0.1) is 6.58 Å². The molecule has 0 aliphatic rings. The lowest BCUT2D eigenvalue weighted by molar-refractivity contribution is -0.0107. The van der Waals surface area contributed by atoms with Crippen molar-refractivity contribution in [2.24, 2.45) is 5.41 Å². The lowest BCUT2D eigenvalue weighted by Crippen LogP contribution is -2.24. The van der Waals surface area contributed by atoms with E-state index >= 15 is 0 Å². The average Bonchev–Trinajstić information content (AvgIpc) is 2.79. The van der Waals surface area contributed by atoms with Crippen molar-refractivity contribution in [2.45, 2.75) is 39.2 Å². The first kappa shape index (κ1) is 24.8. The number of benzene rings is 2. The normalized spacial score (nSPS) is 12.5. The highest BCUT2D eigenvalue weighted by Gasteiger charge is 2.34. The molecule has 2 rings (SSSR count). The minimum Gasteiger partial charge on any atom is -0.496 e. The van der Waals surface area contributed by atoms with Crippen LogP contribution in [0.3, 0.4) is 0 Å². The van der Waals surface area contributed by atoms with Gasteiger partial charge in [0.1, 0.15) is 23.0 Å². The van der Waals surface area contributed by atoms with Gasteiger partial charge in [0.25, 0.3) is 0 Å². The van der Waals surface area contributed by atoms with Crippen molar-refractivity contribution in [2.75, 3.05) is 41.7 Å². The molecule has 0 spiro atoms. The van der Waals surface area contributed by atoms with Crippen LogP contribution in [0.1, 0.15) is 44.8 Å². The van der Waals surface area contributed by atoms with Crippen LogP contribution in [0.25, 0.3) is 10.8 Å².